The second-order valence-electron chi connectivity index (χ2n) is 4.58. The monoisotopic (exact) mass is 267 g/mol. The van der Waals surface area contributed by atoms with Gasteiger partial charge in [0.1, 0.15) is 11.6 Å². The first-order chi connectivity index (χ1) is 8.78. The first-order valence-corrected chi connectivity index (χ1v) is 6.94. The molecule has 3 nitrogen and oxygen atoms in total. The second kappa shape index (κ2) is 6.64. The molecular weight excluding hydrogens is 250 g/mol. The van der Waals surface area contributed by atoms with E-state index in [-0.39, 0.29) is 11.8 Å². The minimum atomic E-state index is -0.197. The molecule has 0 aromatic heterocycles. The summed E-state index contributed by atoms with van der Waals surface area (Å²) in [4.78, 5) is 11.1. The van der Waals surface area contributed by atoms with Crippen molar-refractivity contribution in [2.45, 2.75) is 38.2 Å². The number of alkyl halides is 1. The quantitative estimate of drug-likeness (QED) is 0.847. The molecule has 1 saturated carbocycles. The van der Waals surface area contributed by atoms with E-state index in [9.17, 15) is 4.79 Å². The zero-order chi connectivity index (χ0) is 12.8. The lowest BCUT2D eigenvalue weighted by Crippen LogP contribution is -2.19. The Kier molecular flexibility index (Phi) is 4.88. The largest absolute Gasteiger partial charge is 0.490 e. The van der Waals surface area contributed by atoms with E-state index in [2.05, 4.69) is 5.32 Å². The highest BCUT2D eigenvalue weighted by atomic mass is 35.5. The van der Waals surface area contributed by atoms with Crippen molar-refractivity contribution in [3.63, 3.8) is 0 Å². The second-order valence-corrected chi connectivity index (χ2v) is 4.85. The highest BCUT2D eigenvalue weighted by Crippen LogP contribution is 2.24. The molecule has 0 aliphatic heterocycles. The maximum atomic E-state index is 11.1. The molecule has 2 rings (SSSR count). The third-order valence-corrected chi connectivity index (χ3v) is 3.36. The van der Waals surface area contributed by atoms with Gasteiger partial charge in [0, 0.05) is 5.69 Å². The van der Waals surface area contributed by atoms with Gasteiger partial charge in [-0.3, -0.25) is 4.79 Å². The lowest BCUT2D eigenvalue weighted by Gasteiger charge is -2.23. The Balaban J connectivity index is 1.88. The van der Waals surface area contributed by atoms with Gasteiger partial charge in [0.2, 0.25) is 5.91 Å². The minimum absolute atomic E-state index is 0.0275. The SMILES string of the molecule is O=C(CCl)Nc1ccc(OC2CCCCC2)cc1. The van der Waals surface area contributed by atoms with Crippen LogP contribution in [-0.2, 0) is 4.79 Å². The number of anilines is 1. The molecule has 0 spiro atoms. The van der Waals surface area contributed by atoms with Gasteiger partial charge in [0.25, 0.3) is 0 Å². The van der Waals surface area contributed by atoms with Gasteiger partial charge in [-0.15, -0.1) is 11.6 Å². The number of carbonyl (C=O) groups excluding carboxylic acids is 1. The van der Waals surface area contributed by atoms with Crippen LogP contribution in [0.4, 0.5) is 5.69 Å². The Morgan fingerprint density at radius 1 is 1.22 bits per heavy atom. The molecule has 0 heterocycles. The third-order valence-electron chi connectivity index (χ3n) is 3.11. The van der Waals surface area contributed by atoms with E-state index in [4.69, 9.17) is 16.3 Å². The van der Waals surface area contributed by atoms with Gasteiger partial charge in [-0.25, -0.2) is 0 Å². The summed E-state index contributed by atoms with van der Waals surface area (Å²) in [5.41, 5.74) is 0.747. The normalized spacial score (nSPS) is 16.3. The van der Waals surface area contributed by atoms with E-state index in [1.54, 1.807) is 0 Å². The molecule has 4 heteroatoms. The molecule has 1 N–H and O–H groups in total. The number of rotatable bonds is 4. The Morgan fingerprint density at radius 3 is 2.50 bits per heavy atom. The summed E-state index contributed by atoms with van der Waals surface area (Å²) in [6, 6.07) is 7.45. The smallest absolute Gasteiger partial charge is 0.239 e. The lowest BCUT2D eigenvalue weighted by molar-refractivity contribution is -0.113. The lowest BCUT2D eigenvalue weighted by atomic mass is 9.98. The van der Waals surface area contributed by atoms with Gasteiger partial charge in [-0.1, -0.05) is 6.42 Å². The molecule has 1 aliphatic carbocycles. The summed E-state index contributed by atoms with van der Waals surface area (Å²) in [6.07, 6.45) is 6.48. The van der Waals surface area contributed by atoms with Gasteiger partial charge in [0.15, 0.2) is 0 Å². The van der Waals surface area contributed by atoms with Crippen molar-refractivity contribution < 1.29 is 9.53 Å². The van der Waals surface area contributed by atoms with E-state index in [1.165, 1.54) is 19.3 Å². The Morgan fingerprint density at radius 2 is 1.89 bits per heavy atom. The first kappa shape index (κ1) is 13.2. The van der Waals surface area contributed by atoms with Crippen molar-refractivity contribution in [1.29, 1.82) is 0 Å². The highest BCUT2D eigenvalue weighted by molar-refractivity contribution is 6.29. The van der Waals surface area contributed by atoms with Crippen LogP contribution in [0.3, 0.4) is 0 Å². The van der Waals surface area contributed by atoms with Crippen LogP contribution >= 0.6 is 11.6 Å². The third kappa shape index (κ3) is 3.91. The van der Waals surface area contributed by atoms with Crippen molar-refractivity contribution in [2.24, 2.45) is 0 Å². The topological polar surface area (TPSA) is 38.3 Å². The van der Waals surface area contributed by atoms with E-state index in [0.717, 1.165) is 24.3 Å². The predicted octanol–water partition coefficient (Wildman–Crippen LogP) is 3.58. The molecule has 1 aromatic carbocycles. The summed E-state index contributed by atoms with van der Waals surface area (Å²) in [6.45, 7) is 0. The van der Waals surface area contributed by atoms with Crippen LogP contribution in [0.25, 0.3) is 0 Å². The number of benzene rings is 1. The van der Waals surface area contributed by atoms with Gasteiger partial charge in [-0.2, -0.15) is 0 Å². The molecule has 1 aliphatic rings. The number of amides is 1. The van der Waals surface area contributed by atoms with Crippen LogP contribution < -0.4 is 10.1 Å². The van der Waals surface area contributed by atoms with Crippen LogP contribution in [-0.4, -0.2) is 17.9 Å². The summed E-state index contributed by atoms with van der Waals surface area (Å²) >= 11 is 5.43. The Bertz CT molecular complexity index is 385. The molecule has 98 valence electrons. The highest BCUT2D eigenvalue weighted by Gasteiger charge is 2.14. The van der Waals surface area contributed by atoms with Crippen molar-refractivity contribution in [1.82, 2.24) is 0 Å². The van der Waals surface area contributed by atoms with E-state index in [1.807, 2.05) is 24.3 Å². The standard InChI is InChI=1S/C14H18ClNO2/c15-10-14(17)16-11-6-8-13(9-7-11)18-12-4-2-1-3-5-12/h6-9,12H,1-5,10H2,(H,16,17). The first-order valence-electron chi connectivity index (χ1n) is 6.40. The van der Waals surface area contributed by atoms with Crippen molar-refractivity contribution in [3.05, 3.63) is 24.3 Å². The van der Waals surface area contributed by atoms with Crippen molar-refractivity contribution in [3.8, 4) is 5.75 Å². The maximum absolute atomic E-state index is 11.1. The number of halogens is 1. The fraction of sp³-hybridized carbons (Fsp3) is 0.500. The number of nitrogens with one attached hydrogen (secondary N) is 1. The van der Waals surface area contributed by atoms with Crippen molar-refractivity contribution >= 4 is 23.2 Å². The average molecular weight is 268 g/mol. The summed E-state index contributed by atoms with van der Waals surface area (Å²) in [5, 5.41) is 2.70. The molecule has 1 fully saturated rings. The van der Waals surface area contributed by atoms with Gasteiger partial charge in [-0.05, 0) is 49.9 Å². The number of carbonyl (C=O) groups is 1. The predicted molar refractivity (Wildman–Crippen MR) is 73.3 cm³/mol. The molecule has 0 atom stereocenters. The molecule has 1 amide bonds. The minimum Gasteiger partial charge on any atom is -0.490 e. The van der Waals surface area contributed by atoms with Crippen molar-refractivity contribution in [2.75, 3.05) is 11.2 Å². The summed E-state index contributed by atoms with van der Waals surface area (Å²) < 4.78 is 5.90. The molecule has 0 unspecified atom stereocenters. The van der Waals surface area contributed by atoms with Crippen LogP contribution in [0.5, 0.6) is 5.75 Å². The molecule has 0 bridgehead atoms. The van der Waals surface area contributed by atoms with E-state index < -0.39 is 0 Å². The van der Waals surface area contributed by atoms with Crippen LogP contribution in [0, 0.1) is 0 Å². The molecule has 0 saturated heterocycles. The fourth-order valence-electron chi connectivity index (χ4n) is 2.19. The zero-order valence-electron chi connectivity index (χ0n) is 10.3. The summed E-state index contributed by atoms with van der Waals surface area (Å²) in [5.74, 6) is 0.642. The van der Waals surface area contributed by atoms with Gasteiger partial charge < -0.3 is 10.1 Å². The number of hydrogen-bond donors (Lipinski definition) is 1. The molecule has 0 radical (unpaired) electrons. The number of ether oxygens (including phenoxy) is 1. The van der Waals surface area contributed by atoms with Gasteiger partial charge >= 0.3 is 0 Å². The Labute approximate surface area is 112 Å². The van der Waals surface area contributed by atoms with Crippen LogP contribution in [0.2, 0.25) is 0 Å². The molecule has 18 heavy (non-hydrogen) atoms. The van der Waals surface area contributed by atoms with Crippen LogP contribution in [0.15, 0.2) is 24.3 Å². The number of hydrogen-bond acceptors (Lipinski definition) is 2. The fourth-order valence-corrected chi connectivity index (χ4v) is 2.25. The van der Waals surface area contributed by atoms with E-state index >= 15 is 0 Å². The van der Waals surface area contributed by atoms with Gasteiger partial charge in [0.05, 0.1) is 6.10 Å². The Hall–Kier alpha value is -1.22. The van der Waals surface area contributed by atoms with E-state index in [0.29, 0.717) is 6.10 Å². The maximum Gasteiger partial charge on any atom is 0.239 e. The van der Waals surface area contributed by atoms with Crippen LogP contribution in [0.1, 0.15) is 32.1 Å². The zero-order valence-corrected chi connectivity index (χ0v) is 11.1. The molecular formula is C14H18ClNO2. The molecule has 1 aromatic rings. The average Bonchev–Trinajstić information content (AvgIpc) is 2.42. The summed E-state index contributed by atoms with van der Waals surface area (Å²) in [7, 11) is 0.